The number of carbonyl (C=O) groups excluding carboxylic acids is 2. The zero-order valence-electron chi connectivity index (χ0n) is 19.6. The molecule has 7 nitrogen and oxygen atoms in total. The average Bonchev–Trinajstić information content (AvgIpc) is 2.73. The molecule has 172 valence electrons. The largest absolute Gasteiger partial charge is 0.372 e. The van der Waals surface area contributed by atoms with Crippen LogP contribution in [0.3, 0.4) is 0 Å². The fraction of sp³-hybridized carbons (Fsp3) is 0.667. The molecule has 2 aliphatic heterocycles. The van der Waals surface area contributed by atoms with Gasteiger partial charge in [0.15, 0.2) is 0 Å². The van der Waals surface area contributed by atoms with Crippen LogP contribution >= 0.6 is 0 Å². The minimum atomic E-state index is -0.211. The smallest absolute Gasteiger partial charge is 0.241 e. The van der Waals surface area contributed by atoms with E-state index in [0.29, 0.717) is 6.54 Å². The van der Waals surface area contributed by atoms with Crippen LogP contribution in [0.5, 0.6) is 0 Å². The Morgan fingerprint density at radius 3 is 2.13 bits per heavy atom. The molecule has 0 aromatic heterocycles. The van der Waals surface area contributed by atoms with Gasteiger partial charge >= 0.3 is 0 Å². The summed E-state index contributed by atoms with van der Waals surface area (Å²) in [6.45, 7) is 13.7. The number of hydrogen-bond acceptors (Lipinski definition) is 5. The predicted octanol–water partition coefficient (Wildman–Crippen LogP) is 2.54. The van der Waals surface area contributed by atoms with Crippen LogP contribution in [-0.2, 0) is 9.59 Å². The summed E-state index contributed by atoms with van der Waals surface area (Å²) < 4.78 is 0. The van der Waals surface area contributed by atoms with Gasteiger partial charge < -0.3 is 15.5 Å². The Hall–Kier alpha value is -2.12. The van der Waals surface area contributed by atoms with Gasteiger partial charge in [-0.15, -0.1) is 0 Å². The van der Waals surface area contributed by atoms with E-state index in [-0.39, 0.29) is 23.4 Å². The second-order valence-electron chi connectivity index (χ2n) is 9.87. The van der Waals surface area contributed by atoms with E-state index in [2.05, 4.69) is 37.5 Å². The third-order valence-electron chi connectivity index (χ3n) is 6.07. The molecule has 31 heavy (non-hydrogen) atoms. The minimum Gasteiger partial charge on any atom is -0.372 e. The molecule has 1 atom stereocenters. The Morgan fingerprint density at radius 1 is 0.935 bits per heavy atom. The van der Waals surface area contributed by atoms with Crippen molar-refractivity contribution >= 4 is 23.2 Å². The van der Waals surface area contributed by atoms with Gasteiger partial charge in [-0.2, -0.15) is 0 Å². The standard InChI is InChI=1S/C24H39N5O2/c1-19(28-16-14-27(15-17-28)18-22(30)26-24(2,3)4)23(31)25-20-8-10-21(11-9-20)29-12-6-5-7-13-29/h8-11,19H,5-7,12-18H2,1-4H3,(H,25,31)(H,26,30)/t19-/m0/s1. The number of hydrogen-bond donors (Lipinski definition) is 2. The third-order valence-corrected chi connectivity index (χ3v) is 6.07. The van der Waals surface area contributed by atoms with Crippen molar-refractivity contribution in [3.63, 3.8) is 0 Å². The van der Waals surface area contributed by atoms with Crippen molar-refractivity contribution in [2.75, 3.05) is 56.0 Å². The van der Waals surface area contributed by atoms with Gasteiger partial charge in [-0.3, -0.25) is 19.4 Å². The maximum atomic E-state index is 12.8. The number of carbonyl (C=O) groups is 2. The van der Waals surface area contributed by atoms with E-state index in [1.807, 2.05) is 39.8 Å². The van der Waals surface area contributed by atoms with Crippen molar-refractivity contribution < 1.29 is 9.59 Å². The molecule has 0 radical (unpaired) electrons. The van der Waals surface area contributed by atoms with Gasteiger partial charge in [0.25, 0.3) is 0 Å². The van der Waals surface area contributed by atoms with E-state index in [9.17, 15) is 9.59 Å². The first-order valence-corrected chi connectivity index (χ1v) is 11.6. The van der Waals surface area contributed by atoms with Gasteiger partial charge in [0, 0.05) is 56.2 Å². The first kappa shape index (κ1) is 23.5. The number of benzene rings is 1. The van der Waals surface area contributed by atoms with Crippen molar-refractivity contribution in [3.8, 4) is 0 Å². The molecule has 2 fully saturated rings. The summed E-state index contributed by atoms with van der Waals surface area (Å²) in [6.07, 6.45) is 3.83. The average molecular weight is 430 g/mol. The fourth-order valence-electron chi connectivity index (χ4n) is 4.29. The molecule has 0 unspecified atom stereocenters. The molecule has 2 N–H and O–H groups in total. The van der Waals surface area contributed by atoms with Crippen LogP contribution in [0, 0.1) is 0 Å². The molecule has 0 spiro atoms. The van der Waals surface area contributed by atoms with Crippen molar-refractivity contribution in [1.82, 2.24) is 15.1 Å². The molecule has 0 bridgehead atoms. The third kappa shape index (κ3) is 7.21. The second kappa shape index (κ2) is 10.5. The number of rotatable bonds is 6. The number of nitrogens with one attached hydrogen (secondary N) is 2. The molecule has 2 saturated heterocycles. The summed E-state index contributed by atoms with van der Waals surface area (Å²) in [5, 5.41) is 6.07. The van der Waals surface area contributed by atoms with Crippen molar-refractivity contribution in [3.05, 3.63) is 24.3 Å². The number of piperazine rings is 1. The maximum Gasteiger partial charge on any atom is 0.241 e. The zero-order chi connectivity index (χ0) is 22.4. The Kier molecular flexibility index (Phi) is 7.94. The van der Waals surface area contributed by atoms with E-state index < -0.39 is 0 Å². The lowest BCUT2D eigenvalue weighted by atomic mass is 10.1. The van der Waals surface area contributed by atoms with Crippen LogP contribution < -0.4 is 15.5 Å². The van der Waals surface area contributed by atoms with Gasteiger partial charge in [-0.1, -0.05) is 0 Å². The first-order chi connectivity index (χ1) is 14.7. The summed E-state index contributed by atoms with van der Waals surface area (Å²) in [7, 11) is 0. The molecule has 2 aliphatic rings. The van der Waals surface area contributed by atoms with Crippen LogP contribution in [-0.4, -0.2) is 79.0 Å². The topological polar surface area (TPSA) is 67.9 Å². The van der Waals surface area contributed by atoms with Crippen LogP contribution in [0.4, 0.5) is 11.4 Å². The SMILES string of the molecule is C[C@@H](C(=O)Nc1ccc(N2CCCCC2)cc1)N1CCN(CC(=O)NC(C)(C)C)CC1. The lowest BCUT2D eigenvalue weighted by Crippen LogP contribution is -2.55. The minimum absolute atomic E-state index is 0.0182. The molecular weight excluding hydrogens is 390 g/mol. The first-order valence-electron chi connectivity index (χ1n) is 11.6. The van der Waals surface area contributed by atoms with Gasteiger partial charge in [0.1, 0.15) is 0 Å². The van der Waals surface area contributed by atoms with Gasteiger partial charge in [0.2, 0.25) is 11.8 Å². The molecule has 0 aliphatic carbocycles. The van der Waals surface area contributed by atoms with E-state index in [1.54, 1.807) is 0 Å². The van der Waals surface area contributed by atoms with Crippen LogP contribution in [0.15, 0.2) is 24.3 Å². The van der Waals surface area contributed by atoms with Crippen molar-refractivity contribution in [1.29, 1.82) is 0 Å². The lowest BCUT2D eigenvalue weighted by molar-refractivity contribution is -0.125. The quantitative estimate of drug-likeness (QED) is 0.727. The fourth-order valence-corrected chi connectivity index (χ4v) is 4.29. The molecule has 2 amide bonds. The maximum absolute atomic E-state index is 12.8. The zero-order valence-corrected chi connectivity index (χ0v) is 19.6. The van der Waals surface area contributed by atoms with E-state index >= 15 is 0 Å². The van der Waals surface area contributed by atoms with Crippen molar-refractivity contribution in [2.24, 2.45) is 0 Å². The number of nitrogens with zero attached hydrogens (tertiary/aromatic N) is 3. The molecule has 7 heteroatoms. The highest BCUT2D eigenvalue weighted by Crippen LogP contribution is 2.22. The monoisotopic (exact) mass is 429 g/mol. The molecule has 1 aromatic carbocycles. The van der Waals surface area contributed by atoms with Gasteiger partial charge in [0.05, 0.1) is 12.6 Å². The van der Waals surface area contributed by atoms with E-state index in [0.717, 1.165) is 45.0 Å². The molecule has 1 aromatic rings. The molecular formula is C24H39N5O2. The van der Waals surface area contributed by atoms with Crippen LogP contribution in [0.25, 0.3) is 0 Å². The molecule has 3 rings (SSSR count). The summed E-state index contributed by atoms with van der Waals surface area (Å²) in [5.74, 6) is 0.0735. The highest BCUT2D eigenvalue weighted by molar-refractivity contribution is 5.94. The summed E-state index contributed by atoms with van der Waals surface area (Å²) in [5.41, 5.74) is 1.87. The normalized spacial score (nSPS) is 19.7. The van der Waals surface area contributed by atoms with E-state index in [1.165, 1.54) is 24.9 Å². The Morgan fingerprint density at radius 2 is 1.55 bits per heavy atom. The van der Waals surface area contributed by atoms with E-state index in [4.69, 9.17) is 0 Å². The van der Waals surface area contributed by atoms with Crippen molar-refractivity contribution in [2.45, 2.75) is 58.5 Å². The number of piperidine rings is 1. The Balaban J connectivity index is 1.43. The van der Waals surface area contributed by atoms with Crippen LogP contribution in [0.1, 0.15) is 47.0 Å². The van der Waals surface area contributed by atoms with Crippen LogP contribution in [0.2, 0.25) is 0 Å². The lowest BCUT2D eigenvalue weighted by Gasteiger charge is -2.37. The van der Waals surface area contributed by atoms with Gasteiger partial charge in [-0.25, -0.2) is 0 Å². The molecule has 0 saturated carbocycles. The summed E-state index contributed by atoms with van der Waals surface area (Å²) >= 11 is 0. The highest BCUT2D eigenvalue weighted by atomic mass is 16.2. The highest BCUT2D eigenvalue weighted by Gasteiger charge is 2.27. The molecule has 2 heterocycles. The number of anilines is 2. The Bertz CT molecular complexity index is 729. The summed E-state index contributed by atoms with van der Waals surface area (Å²) in [6, 6.07) is 8.01. The predicted molar refractivity (Wildman–Crippen MR) is 127 cm³/mol. The Labute approximate surface area is 187 Å². The number of amides is 2. The second-order valence-corrected chi connectivity index (χ2v) is 9.87. The summed E-state index contributed by atoms with van der Waals surface area (Å²) in [4.78, 5) is 31.7. The van der Waals surface area contributed by atoms with Gasteiger partial charge in [-0.05, 0) is 71.2 Å².